The van der Waals surface area contributed by atoms with Crippen LogP contribution in [0.4, 0.5) is 31.1 Å². The molecule has 1 heterocycles. The summed E-state index contributed by atoms with van der Waals surface area (Å²) in [6, 6.07) is 0.941. The lowest BCUT2D eigenvalue weighted by Crippen LogP contribution is -2.44. The number of hydrogen-bond donors (Lipinski definition) is 2. The molecule has 0 unspecified atom stereocenters. The summed E-state index contributed by atoms with van der Waals surface area (Å²) in [6.45, 7) is -0.382. The van der Waals surface area contributed by atoms with Gasteiger partial charge in [-0.3, -0.25) is 0 Å². The minimum absolute atomic E-state index is 0.0146. The zero-order valence-corrected chi connectivity index (χ0v) is 12.1. The van der Waals surface area contributed by atoms with Gasteiger partial charge in [-0.2, -0.15) is 26.3 Å². The van der Waals surface area contributed by atoms with Crippen molar-refractivity contribution in [3.63, 3.8) is 0 Å². The van der Waals surface area contributed by atoms with Gasteiger partial charge in [-0.1, -0.05) is 0 Å². The fraction of sp³-hybridized carbons (Fsp3) is 0.500. The van der Waals surface area contributed by atoms with E-state index >= 15 is 0 Å². The number of amides is 1. The van der Waals surface area contributed by atoms with E-state index in [0.29, 0.717) is 12.1 Å². The average Bonchev–Trinajstić information content (AvgIpc) is 2.45. The maximum Gasteiger partial charge on any atom is 0.416 e. The van der Waals surface area contributed by atoms with Gasteiger partial charge >= 0.3 is 18.4 Å². The number of halogens is 6. The highest BCUT2D eigenvalue weighted by Crippen LogP contribution is 2.41. The van der Waals surface area contributed by atoms with Crippen LogP contribution < -0.4 is 0 Å². The second-order valence-corrected chi connectivity index (χ2v) is 5.60. The fourth-order valence-corrected chi connectivity index (χ4v) is 2.58. The van der Waals surface area contributed by atoms with Crippen LogP contribution in [0, 0.1) is 0 Å². The van der Waals surface area contributed by atoms with Gasteiger partial charge in [0.05, 0.1) is 16.7 Å². The number of carboxylic acid groups (broad SMARTS) is 1. The number of aliphatic hydroxyl groups is 1. The van der Waals surface area contributed by atoms with Crippen LogP contribution in [0.25, 0.3) is 0 Å². The van der Waals surface area contributed by atoms with Gasteiger partial charge in [0.2, 0.25) is 0 Å². The van der Waals surface area contributed by atoms with Crippen molar-refractivity contribution in [2.75, 3.05) is 13.1 Å². The Morgan fingerprint density at radius 3 is 1.71 bits per heavy atom. The third kappa shape index (κ3) is 3.74. The largest absolute Gasteiger partial charge is 0.465 e. The van der Waals surface area contributed by atoms with E-state index in [1.807, 2.05) is 0 Å². The molecule has 0 bridgehead atoms. The molecule has 1 fully saturated rings. The molecule has 10 heteroatoms. The first-order valence-corrected chi connectivity index (χ1v) is 6.83. The molecular formula is C14H13F6NO3. The Morgan fingerprint density at radius 2 is 1.38 bits per heavy atom. The van der Waals surface area contributed by atoms with E-state index in [4.69, 9.17) is 5.11 Å². The number of piperidine rings is 1. The zero-order valence-electron chi connectivity index (χ0n) is 12.1. The van der Waals surface area contributed by atoms with Gasteiger partial charge in [-0.15, -0.1) is 0 Å². The molecule has 1 aliphatic rings. The smallest absolute Gasteiger partial charge is 0.416 e. The molecule has 4 nitrogen and oxygen atoms in total. The number of alkyl halides is 6. The van der Waals surface area contributed by atoms with E-state index in [9.17, 15) is 36.2 Å². The number of likely N-dealkylation sites (tertiary alicyclic amines) is 1. The molecular weight excluding hydrogens is 344 g/mol. The van der Waals surface area contributed by atoms with Crippen LogP contribution in [-0.4, -0.2) is 34.3 Å². The van der Waals surface area contributed by atoms with Crippen molar-refractivity contribution in [2.24, 2.45) is 0 Å². The Balaban J connectivity index is 2.44. The van der Waals surface area contributed by atoms with Gasteiger partial charge in [0.25, 0.3) is 0 Å². The molecule has 0 saturated carbocycles. The summed E-state index contributed by atoms with van der Waals surface area (Å²) >= 11 is 0. The van der Waals surface area contributed by atoms with Crippen molar-refractivity contribution in [3.05, 3.63) is 34.9 Å². The summed E-state index contributed by atoms with van der Waals surface area (Å²) < 4.78 is 77.2. The molecule has 0 radical (unpaired) electrons. The number of hydrogen-bond acceptors (Lipinski definition) is 2. The van der Waals surface area contributed by atoms with E-state index in [2.05, 4.69) is 0 Å². The van der Waals surface area contributed by atoms with Crippen LogP contribution in [0.15, 0.2) is 18.2 Å². The topological polar surface area (TPSA) is 60.8 Å². The van der Waals surface area contributed by atoms with Crippen molar-refractivity contribution in [1.29, 1.82) is 0 Å². The van der Waals surface area contributed by atoms with E-state index in [1.165, 1.54) is 0 Å². The molecule has 1 saturated heterocycles. The lowest BCUT2D eigenvalue weighted by atomic mass is 9.83. The number of benzene rings is 1. The van der Waals surface area contributed by atoms with Gasteiger partial charge < -0.3 is 15.1 Å². The van der Waals surface area contributed by atoms with Crippen LogP contribution in [0.2, 0.25) is 0 Å². The van der Waals surface area contributed by atoms with Gasteiger partial charge in [-0.05, 0) is 36.6 Å². The predicted octanol–water partition coefficient (Wildman–Crippen LogP) is 3.69. The molecule has 1 aliphatic heterocycles. The van der Waals surface area contributed by atoms with Crippen LogP contribution in [0.3, 0.4) is 0 Å². The summed E-state index contributed by atoms with van der Waals surface area (Å²) in [7, 11) is 0. The normalized spacial score (nSPS) is 18.5. The minimum atomic E-state index is -5.01. The first-order valence-electron chi connectivity index (χ1n) is 6.83. The molecule has 0 atom stereocenters. The third-order valence-corrected chi connectivity index (χ3v) is 3.99. The van der Waals surface area contributed by atoms with Gasteiger partial charge in [-0.25, -0.2) is 4.79 Å². The third-order valence-electron chi connectivity index (χ3n) is 3.99. The lowest BCUT2D eigenvalue weighted by molar-refractivity contribution is -0.143. The molecule has 1 aromatic rings. The van der Waals surface area contributed by atoms with Gasteiger partial charge in [0.15, 0.2) is 0 Å². The molecule has 2 N–H and O–H groups in total. The van der Waals surface area contributed by atoms with E-state index in [-0.39, 0.29) is 32.0 Å². The highest BCUT2D eigenvalue weighted by Gasteiger charge is 2.41. The van der Waals surface area contributed by atoms with Crippen LogP contribution >= 0.6 is 0 Å². The van der Waals surface area contributed by atoms with Crippen LogP contribution in [0.1, 0.15) is 29.5 Å². The predicted molar refractivity (Wildman–Crippen MR) is 69.2 cm³/mol. The maximum atomic E-state index is 12.9. The first-order chi connectivity index (χ1) is 10.8. The summed E-state index contributed by atoms with van der Waals surface area (Å²) in [5.41, 5.74) is -5.50. The SMILES string of the molecule is O=C(O)N1CCC(O)(c2cc(C(F)(F)F)cc(C(F)(F)F)c2)CC1. The maximum absolute atomic E-state index is 12.9. The Morgan fingerprint density at radius 1 is 0.958 bits per heavy atom. The number of rotatable bonds is 1. The quantitative estimate of drug-likeness (QED) is 0.754. The Labute approximate surface area is 132 Å². The molecule has 0 aromatic heterocycles. The summed E-state index contributed by atoms with van der Waals surface area (Å²) in [5, 5.41) is 19.3. The molecule has 24 heavy (non-hydrogen) atoms. The van der Waals surface area contributed by atoms with Crippen LogP contribution in [0.5, 0.6) is 0 Å². The summed E-state index contributed by atoms with van der Waals surface area (Å²) in [5.74, 6) is 0. The minimum Gasteiger partial charge on any atom is -0.465 e. The highest BCUT2D eigenvalue weighted by molar-refractivity contribution is 5.65. The Bertz CT molecular complexity index is 600. The monoisotopic (exact) mass is 357 g/mol. The second kappa shape index (κ2) is 5.83. The van der Waals surface area contributed by atoms with E-state index < -0.39 is 40.7 Å². The Kier molecular flexibility index (Phi) is 4.47. The summed E-state index contributed by atoms with van der Waals surface area (Å²) in [4.78, 5) is 11.8. The summed E-state index contributed by atoms with van der Waals surface area (Å²) in [6.07, 6.45) is -11.9. The molecule has 0 spiro atoms. The van der Waals surface area contributed by atoms with Gasteiger partial charge in [0, 0.05) is 13.1 Å². The number of carbonyl (C=O) groups is 1. The molecule has 0 aliphatic carbocycles. The van der Waals surface area contributed by atoms with Crippen molar-refractivity contribution >= 4 is 6.09 Å². The van der Waals surface area contributed by atoms with Crippen molar-refractivity contribution in [2.45, 2.75) is 30.8 Å². The van der Waals surface area contributed by atoms with Crippen molar-refractivity contribution in [3.8, 4) is 0 Å². The fourth-order valence-electron chi connectivity index (χ4n) is 2.58. The average molecular weight is 357 g/mol. The van der Waals surface area contributed by atoms with E-state index in [1.54, 1.807) is 0 Å². The highest BCUT2D eigenvalue weighted by atomic mass is 19.4. The second-order valence-electron chi connectivity index (χ2n) is 5.60. The van der Waals surface area contributed by atoms with Crippen molar-refractivity contribution < 1.29 is 41.4 Å². The van der Waals surface area contributed by atoms with E-state index in [0.717, 1.165) is 4.90 Å². The van der Waals surface area contributed by atoms with Crippen molar-refractivity contribution in [1.82, 2.24) is 4.90 Å². The first kappa shape index (κ1) is 18.4. The molecule has 1 aromatic carbocycles. The van der Waals surface area contributed by atoms with Gasteiger partial charge in [0.1, 0.15) is 0 Å². The zero-order chi connectivity index (χ0) is 18.3. The standard InChI is InChI=1S/C14H13F6NO3/c15-13(16,17)9-5-8(6-10(7-9)14(18,19)20)12(24)1-3-21(4-2-12)11(22)23/h5-7,24H,1-4H2,(H,22,23). The molecule has 134 valence electrons. The molecule has 2 rings (SSSR count). The van der Waals surface area contributed by atoms with Crippen LogP contribution in [-0.2, 0) is 18.0 Å². The Hall–Kier alpha value is -1.97. The number of nitrogens with zero attached hydrogens (tertiary/aromatic N) is 1. The molecule has 1 amide bonds. The lowest BCUT2D eigenvalue weighted by Gasteiger charge is -2.37.